The molecule has 0 aliphatic rings. The molecule has 4 heterocycles. The van der Waals surface area contributed by atoms with Crippen LogP contribution in [0.25, 0.3) is 121 Å². The predicted molar refractivity (Wildman–Crippen MR) is 372 cm³/mol. The van der Waals surface area contributed by atoms with Crippen LogP contribution in [-0.2, 0) is 28.1 Å². The molecule has 0 fully saturated rings. The second kappa shape index (κ2) is 19.4. The van der Waals surface area contributed by atoms with E-state index < -0.39 is 0 Å². The van der Waals surface area contributed by atoms with Crippen molar-refractivity contribution in [2.24, 2.45) is 5.41 Å². The summed E-state index contributed by atoms with van der Waals surface area (Å²) in [5.74, 6) is 0. The van der Waals surface area contributed by atoms with Crippen LogP contribution in [0.5, 0.6) is 0 Å². The van der Waals surface area contributed by atoms with E-state index in [1.54, 1.807) is 0 Å². The zero-order chi connectivity index (χ0) is 61.0. The fraction of sp³-hybridized carbons (Fsp3) is 0.256. The van der Waals surface area contributed by atoms with E-state index in [4.69, 9.17) is 0 Å². The van der Waals surface area contributed by atoms with Gasteiger partial charge in [0.05, 0.1) is 66.9 Å². The number of hydrogen-bond acceptors (Lipinski definition) is 1. The summed E-state index contributed by atoms with van der Waals surface area (Å²) in [7, 11) is 0. The number of fused-ring (bicyclic) bond motifs is 12. The molecule has 0 aliphatic heterocycles. The smallest absolute Gasteiger partial charge is 0.104 e. The number of nitriles is 1. The lowest BCUT2D eigenvalue weighted by Crippen LogP contribution is -2.17. The Morgan fingerprint density at radius 3 is 0.874 bits per heavy atom. The Hall–Kier alpha value is -9.11. The van der Waals surface area contributed by atoms with E-state index in [1.807, 2.05) is 0 Å². The molecule has 14 aromatic rings. The minimum atomic E-state index is -0.127. The molecule has 0 aliphatic carbocycles. The lowest BCUT2D eigenvalue weighted by molar-refractivity contribution is 0.411. The third-order valence-electron chi connectivity index (χ3n) is 18.5. The van der Waals surface area contributed by atoms with Crippen LogP contribution in [0.1, 0.15) is 137 Å². The Labute approximate surface area is 512 Å². The first-order valence-corrected chi connectivity index (χ1v) is 31.2. The first-order chi connectivity index (χ1) is 41.3. The molecule has 5 nitrogen and oxygen atoms in total. The zero-order valence-corrected chi connectivity index (χ0v) is 53.4. The second-order valence-corrected chi connectivity index (χ2v) is 30.0. The summed E-state index contributed by atoms with van der Waals surface area (Å²) < 4.78 is 10.0. The number of benzene rings is 10. The molecular weight excluding hydrogens is 1050 g/mol. The minimum Gasteiger partial charge on any atom is -0.306 e. The van der Waals surface area contributed by atoms with Crippen molar-refractivity contribution in [3.05, 3.63) is 228 Å². The Bertz CT molecular complexity index is 4670. The lowest BCUT2D eigenvalue weighted by Gasteiger charge is -2.30. The van der Waals surface area contributed by atoms with Gasteiger partial charge in [0, 0.05) is 48.7 Å². The van der Waals surface area contributed by atoms with Gasteiger partial charge in [-0.3, -0.25) is 0 Å². The van der Waals surface area contributed by atoms with Gasteiger partial charge >= 0.3 is 0 Å². The molecule has 10 aromatic carbocycles. The van der Waals surface area contributed by atoms with Gasteiger partial charge in [0.2, 0.25) is 0 Å². The summed E-state index contributed by atoms with van der Waals surface area (Å²) in [4.78, 5) is 0. The predicted octanol–water partition coefficient (Wildman–Crippen LogP) is 22.4. The molecule has 5 heteroatoms. The van der Waals surface area contributed by atoms with E-state index in [0.717, 1.165) is 106 Å². The van der Waals surface area contributed by atoms with Crippen LogP contribution in [0.2, 0.25) is 0 Å². The topological polar surface area (TPSA) is 43.5 Å². The molecule has 432 valence electrons. The molecule has 0 spiro atoms. The van der Waals surface area contributed by atoms with E-state index in [2.05, 4.69) is 322 Å². The van der Waals surface area contributed by atoms with Crippen molar-refractivity contribution in [2.45, 2.75) is 132 Å². The van der Waals surface area contributed by atoms with Crippen molar-refractivity contribution >= 4 is 87.2 Å². The van der Waals surface area contributed by atoms with Gasteiger partial charge in [-0.1, -0.05) is 225 Å². The SMILES string of the molecule is CC(C)(C)Cc1cccc(-c2c(-n3c4ccc(C(C)(C)C)cc4c4cc(C(C)(C)C)ccc43)c(-n3c4ccccc4c4ccccc43)c(C#N)c(-n3c4ccccc4c4ccccc43)c2-n2c3ccc(C(C)(C)C)cc3c3cc(C(C)(C)C)ccc32)c1. The van der Waals surface area contributed by atoms with Gasteiger partial charge in [0.1, 0.15) is 11.6 Å². The van der Waals surface area contributed by atoms with Crippen LogP contribution in [0.15, 0.2) is 194 Å². The number of nitrogens with zero attached hydrogens (tertiary/aromatic N) is 5. The number of rotatable bonds is 6. The fourth-order valence-electron chi connectivity index (χ4n) is 14.1. The largest absolute Gasteiger partial charge is 0.306 e. The maximum absolute atomic E-state index is 13.2. The monoisotopic (exact) mass is 1130 g/mol. The standard InChI is InChI=1S/C82H79N5/c1-78(2,3)48-50-25-24-26-51(43-50)73-76(86-69-39-35-52(79(4,5)6)44-60(69)61-45-53(80(7,8)9)36-40-70(61)86)74(84-65-31-20-16-27-56(65)57-28-17-21-32-66(57)84)64(49-83)75(85-67-33-22-18-29-58(67)59-30-19-23-34-68(59)85)77(73)87-71-41-37-54(81(10,11)12)46-62(71)63-47-55(82(13,14)15)38-42-72(63)87/h16-47H,48H2,1-15H3. The van der Waals surface area contributed by atoms with E-state index in [1.165, 1.54) is 49.4 Å². The quantitative estimate of drug-likeness (QED) is 0.164. The third-order valence-corrected chi connectivity index (χ3v) is 18.5. The van der Waals surface area contributed by atoms with Crippen LogP contribution in [0.3, 0.4) is 0 Å². The molecule has 0 unspecified atom stereocenters. The van der Waals surface area contributed by atoms with E-state index >= 15 is 0 Å². The highest BCUT2D eigenvalue weighted by atomic mass is 15.1. The van der Waals surface area contributed by atoms with Crippen LogP contribution in [-0.4, -0.2) is 18.3 Å². The van der Waals surface area contributed by atoms with Crippen LogP contribution >= 0.6 is 0 Å². The highest BCUT2D eigenvalue weighted by Crippen LogP contribution is 2.53. The fourth-order valence-corrected chi connectivity index (χ4v) is 14.1. The van der Waals surface area contributed by atoms with E-state index in [-0.39, 0.29) is 27.1 Å². The van der Waals surface area contributed by atoms with Gasteiger partial charge in [-0.05, 0) is 140 Å². The maximum Gasteiger partial charge on any atom is 0.104 e. The average molecular weight is 1130 g/mol. The minimum absolute atomic E-state index is 0.0120. The number of aromatic nitrogens is 4. The van der Waals surface area contributed by atoms with Crippen molar-refractivity contribution in [1.82, 2.24) is 18.3 Å². The summed E-state index contributed by atoms with van der Waals surface area (Å²) in [5, 5.41) is 22.4. The van der Waals surface area contributed by atoms with Crippen LogP contribution < -0.4 is 0 Å². The molecule has 4 aromatic heterocycles. The summed E-state index contributed by atoms with van der Waals surface area (Å²) in [6, 6.07) is 76.4. The molecule has 0 N–H and O–H groups in total. The summed E-state index contributed by atoms with van der Waals surface area (Å²) in [6.45, 7) is 34.8. The molecular formula is C82H79N5. The van der Waals surface area contributed by atoms with Crippen molar-refractivity contribution in [3.63, 3.8) is 0 Å². The third kappa shape index (κ3) is 8.92. The van der Waals surface area contributed by atoms with E-state index in [0.29, 0.717) is 5.56 Å². The number of hydrogen-bond donors (Lipinski definition) is 0. The summed E-state index contributed by atoms with van der Waals surface area (Å²) in [6.07, 6.45) is 0.863. The Balaban J connectivity index is 1.35. The van der Waals surface area contributed by atoms with Crippen molar-refractivity contribution in [2.75, 3.05) is 0 Å². The Morgan fingerprint density at radius 2 is 0.586 bits per heavy atom. The average Bonchev–Trinajstić information content (AvgIpc) is 1.62. The van der Waals surface area contributed by atoms with Gasteiger partial charge in [0.25, 0.3) is 0 Å². The first-order valence-electron chi connectivity index (χ1n) is 31.2. The van der Waals surface area contributed by atoms with E-state index in [9.17, 15) is 5.26 Å². The maximum atomic E-state index is 13.2. The molecule has 0 amide bonds. The molecule has 87 heavy (non-hydrogen) atoms. The summed E-state index contributed by atoms with van der Waals surface area (Å²) >= 11 is 0. The van der Waals surface area contributed by atoms with Gasteiger partial charge < -0.3 is 18.3 Å². The van der Waals surface area contributed by atoms with Crippen LogP contribution in [0.4, 0.5) is 0 Å². The Morgan fingerprint density at radius 1 is 0.299 bits per heavy atom. The number of para-hydroxylation sites is 4. The molecule has 0 bridgehead atoms. The van der Waals surface area contributed by atoms with Gasteiger partial charge in [-0.2, -0.15) is 5.26 Å². The first kappa shape index (κ1) is 55.7. The zero-order valence-electron chi connectivity index (χ0n) is 53.4. The Kier molecular flexibility index (Phi) is 12.5. The van der Waals surface area contributed by atoms with Gasteiger partial charge in [-0.25, -0.2) is 0 Å². The van der Waals surface area contributed by atoms with Gasteiger partial charge in [-0.15, -0.1) is 0 Å². The molecule has 0 saturated heterocycles. The molecule has 14 rings (SSSR count). The van der Waals surface area contributed by atoms with Crippen molar-refractivity contribution in [1.29, 1.82) is 5.26 Å². The van der Waals surface area contributed by atoms with Crippen molar-refractivity contribution in [3.8, 4) is 39.9 Å². The molecule has 0 saturated carbocycles. The molecule has 0 radical (unpaired) electrons. The lowest BCUT2D eigenvalue weighted by atomic mass is 9.85. The second-order valence-electron chi connectivity index (χ2n) is 30.0. The highest BCUT2D eigenvalue weighted by Gasteiger charge is 2.36. The van der Waals surface area contributed by atoms with Crippen LogP contribution in [0, 0.1) is 16.7 Å². The highest BCUT2D eigenvalue weighted by molar-refractivity contribution is 6.17. The normalized spacial score (nSPS) is 13.0. The van der Waals surface area contributed by atoms with Crippen molar-refractivity contribution < 1.29 is 0 Å². The van der Waals surface area contributed by atoms with Gasteiger partial charge in [0.15, 0.2) is 0 Å². The summed E-state index contributed by atoms with van der Waals surface area (Å²) in [5.41, 5.74) is 20.3. The molecule has 0 atom stereocenters.